The van der Waals surface area contributed by atoms with E-state index in [1.165, 1.54) is 77.0 Å². The van der Waals surface area contributed by atoms with Gasteiger partial charge >= 0.3 is 0 Å². The maximum Gasteiger partial charge on any atom is 0.264 e. The third-order valence-corrected chi connectivity index (χ3v) is 8.67. The Balaban J connectivity index is 0. The van der Waals surface area contributed by atoms with E-state index in [-0.39, 0.29) is 5.75 Å². The lowest BCUT2D eigenvalue weighted by atomic mass is 10.1. The molecule has 0 saturated carbocycles. The Labute approximate surface area is 166 Å². The predicted octanol–water partition coefficient (Wildman–Crippen LogP) is 7.27. The van der Waals surface area contributed by atoms with Crippen molar-refractivity contribution >= 4 is 17.4 Å². The van der Waals surface area contributed by atoms with Crippen molar-refractivity contribution in [1.29, 1.82) is 0 Å². The van der Waals surface area contributed by atoms with Gasteiger partial charge in [-0.15, -0.1) is 0 Å². The molecular weight excluding hydrogens is 363 g/mol. The number of hydrogen-bond acceptors (Lipinski definition) is 2. The third-order valence-electron chi connectivity index (χ3n) is 4.70. The standard InChI is InChI=1S/C18H40P.C3H8O3S/c1-5-7-9-11-13-15-17-19(3,4)18-16-14-12-10-8-6-2;1-2-3-7(4,5)6/h5-18H2,1-4H3;2-3H2,1H3,(H,4,5,6)/q+1;. The first kappa shape index (κ1) is 28.5. The zero-order chi connectivity index (χ0) is 20.3. The van der Waals surface area contributed by atoms with E-state index in [0.29, 0.717) is 6.42 Å². The van der Waals surface area contributed by atoms with Gasteiger partial charge in [0.25, 0.3) is 10.1 Å². The Morgan fingerprint density at radius 3 is 1.23 bits per heavy atom. The molecule has 26 heavy (non-hydrogen) atoms. The molecule has 5 heteroatoms. The van der Waals surface area contributed by atoms with E-state index in [1.807, 2.05) is 0 Å². The van der Waals surface area contributed by atoms with Crippen LogP contribution in [0, 0.1) is 0 Å². The molecular formula is C21H48O3PS+. The molecule has 0 aliphatic rings. The Kier molecular flexibility index (Phi) is 20.5. The number of rotatable bonds is 16. The largest absolute Gasteiger partial charge is 0.286 e. The molecule has 0 atom stereocenters. The molecule has 160 valence electrons. The summed E-state index contributed by atoms with van der Waals surface area (Å²) in [5.74, 6) is -0.132. The maximum absolute atomic E-state index is 9.79. The summed E-state index contributed by atoms with van der Waals surface area (Å²) in [6, 6.07) is 0. The molecule has 0 rings (SSSR count). The highest BCUT2D eigenvalue weighted by Gasteiger charge is 2.23. The van der Waals surface area contributed by atoms with Crippen LogP contribution in [0.1, 0.15) is 104 Å². The fourth-order valence-corrected chi connectivity index (χ4v) is 5.91. The molecule has 0 saturated heterocycles. The molecule has 0 aliphatic heterocycles. The fourth-order valence-electron chi connectivity index (χ4n) is 3.01. The summed E-state index contributed by atoms with van der Waals surface area (Å²) in [7, 11) is -4.23. The molecule has 0 amide bonds. The van der Waals surface area contributed by atoms with Gasteiger partial charge in [0.15, 0.2) is 0 Å². The summed E-state index contributed by atoms with van der Waals surface area (Å²) in [5.41, 5.74) is 0. The number of unbranched alkanes of at least 4 members (excludes halogenated alkanes) is 10. The van der Waals surface area contributed by atoms with Gasteiger partial charge in [0.2, 0.25) is 0 Å². The minimum absolute atomic E-state index is 0.132. The lowest BCUT2D eigenvalue weighted by molar-refractivity contribution is 0.482. The van der Waals surface area contributed by atoms with E-state index in [4.69, 9.17) is 4.55 Å². The quantitative estimate of drug-likeness (QED) is 0.165. The smallest absolute Gasteiger partial charge is 0.264 e. The van der Waals surface area contributed by atoms with Crippen molar-refractivity contribution in [3.63, 3.8) is 0 Å². The van der Waals surface area contributed by atoms with E-state index in [0.717, 1.165) is 0 Å². The molecule has 0 unspecified atom stereocenters. The summed E-state index contributed by atoms with van der Waals surface area (Å²) >= 11 is 0. The molecule has 0 heterocycles. The van der Waals surface area contributed by atoms with Gasteiger partial charge in [-0.3, -0.25) is 4.55 Å². The minimum atomic E-state index is -3.67. The fraction of sp³-hybridized carbons (Fsp3) is 1.00. The minimum Gasteiger partial charge on any atom is -0.286 e. The van der Waals surface area contributed by atoms with Crippen LogP contribution in [0.3, 0.4) is 0 Å². The first-order chi connectivity index (χ1) is 12.2. The normalized spacial score (nSPS) is 11.9. The van der Waals surface area contributed by atoms with Crippen LogP contribution >= 0.6 is 7.26 Å². The van der Waals surface area contributed by atoms with Crippen molar-refractivity contribution < 1.29 is 13.0 Å². The summed E-state index contributed by atoms with van der Waals surface area (Å²) in [5, 5.41) is 0. The van der Waals surface area contributed by atoms with E-state index in [1.54, 1.807) is 19.2 Å². The van der Waals surface area contributed by atoms with Gasteiger partial charge in [-0.2, -0.15) is 8.42 Å². The van der Waals surface area contributed by atoms with Gasteiger partial charge in [0, 0.05) is 20.6 Å². The van der Waals surface area contributed by atoms with Crippen LogP contribution < -0.4 is 0 Å². The zero-order valence-corrected chi connectivity index (χ0v) is 20.1. The second-order valence-electron chi connectivity index (χ2n) is 8.20. The topological polar surface area (TPSA) is 54.4 Å². The third kappa shape index (κ3) is 26.6. The summed E-state index contributed by atoms with van der Waals surface area (Å²) in [4.78, 5) is 0. The monoisotopic (exact) mass is 411 g/mol. The van der Waals surface area contributed by atoms with Crippen molar-refractivity contribution in [1.82, 2.24) is 0 Å². The molecule has 3 nitrogen and oxygen atoms in total. The highest BCUT2D eigenvalue weighted by molar-refractivity contribution is 7.85. The van der Waals surface area contributed by atoms with Crippen LogP contribution in [0.25, 0.3) is 0 Å². The molecule has 0 aromatic carbocycles. The van der Waals surface area contributed by atoms with Gasteiger partial charge < -0.3 is 0 Å². The first-order valence-electron chi connectivity index (χ1n) is 11.0. The van der Waals surface area contributed by atoms with Crippen molar-refractivity contribution in [2.75, 3.05) is 31.4 Å². The summed E-state index contributed by atoms with van der Waals surface area (Å²) < 4.78 is 27.6. The summed E-state index contributed by atoms with van der Waals surface area (Å²) in [6.07, 6.45) is 21.1. The van der Waals surface area contributed by atoms with Crippen LogP contribution in [0.5, 0.6) is 0 Å². The molecule has 1 N–H and O–H groups in total. The van der Waals surface area contributed by atoms with E-state index >= 15 is 0 Å². The predicted molar refractivity (Wildman–Crippen MR) is 122 cm³/mol. The van der Waals surface area contributed by atoms with Crippen LogP contribution in [-0.4, -0.2) is 44.4 Å². The molecule has 0 radical (unpaired) electrons. The van der Waals surface area contributed by atoms with Crippen LogP contribution in [-0.2, 0) is 10.1 Å². The van der Waals surface area contributed by atoms with Crippen LogP contribution in [0.2, 0.25) is 0 Å². The molecule has 0 aliphatic carbocycles. The zero-order valence-electron chi connectivity index (χ0n) is 18.4. The molecule has 0 bridgehead atoms. The highest BCUT2D eigenvalue weighted by Crippen LogP contribution is 2.52. The SMILES string of the molecule is CCCCCCCC[P+](C)(C)CCCCCCCC.CCCS(=O)(=O)O. The van der Waals surface area contributed by atoms with Crippen LogP contribution in [0.4, 0.5) is 0 Å². The molecule has 0 aromatic heterocycles. The average Bonchev–Trinajstić information content (AvgIpc) is 2.53. The Bertz CT molecular complexity index is 363. The van der Waals surface area contributed by atoms with E-state index < -0.39 is 17.4 Å². The molecule has 0 fully saturated rings. The van der Waals surface area contributed by atoms with Gasteiger partial charge in [0.05, 0.1) is 18.1 Å². The van der Waals surface area contributed by atoms with Gasteiger partial charge in [0.1, 0.15) is 0 Å². The lowest BCUT2D eigenvalue weighted by Crippen LogP contribution is -2.01. The van der Waals surface area contributed by atoms with Crippen molar-refractivity contribution in [2.24, 2.45) is 0 Å². The molecule has 0 spiro atoms. The maximum atomic E-state index is 9.79. The molecule has 0 aromatic rings. The van der Waals surface area contributed by atoms with Gasteiger partial charge in [-0.25, -0.2) is 0 Å². The number of hydrogen-bond donors (Lipinski definition) is 1. The highest BCUT2D eigenvalue weighted by atomic mass is 32.2. The lowest BCUT2D eigenvalue weighted by Gasteiger charge is -2.18. The Morgan fingerprint density at radius 1 is 0.615 bits per heavy atom. The second kappa shape index (κ2) is 18.7. The van der Waals surface area contributed by atoms with Gasteiger partial charge in [-0.1, -0.05) is 72.1 Å². The van der Waals surface area contributed by atoms with Crippen molar-refractivity contribution in [3.8, 4) is 0 Å². The van der Waals surface area contributed by atoms with Crippen molar-refractivity contribution in [3.05, 3.63) is 0 Å². The Hall–Kier alpha value is 0.340. The Morgan fingerprint density at radius 2 is 0.962 bits per heavy atom. The average molecular weight is 412 g/mol. The van der Waals surface area contributed by atoms with E-state index in [2.05, 4.69) is 27.2 Å². The second-order valence-corrected chi connectivity index (χ2v) is 14.5. The van der Waals surface area contributed by atoms with Crippen LogP contribution in [0.15, 0.2) is 0 Å². The van der Waals surface area contributed by atoms with Gasteiger partial charge in [-0.05, 0) is 32.1 Å². The summed E-state index contributed by atoms with van der Waals surface area (Å²) in [6.45, 7) is 11.5. The van der Waals surface area contributed by atoms with Crippen molar-refractivity contribution in [2.45, 2.75) is 104 Å². The van der Waals surface area contributed by atoms with E-state index in [9.17, 15) is 8.42 Å². The first-order valence-corrected chi connectivity index (χ1v) is 15.6.